The summed E-state index contributed by atoms with van der Waals surface area (Å²) >= 11 is 0. The quantitative estimate of drug-likeness (QED) is 0.648. The van der Waals surface area contributed by atoms with E-state index in [4.69, 9.17) is 0 Å². The molecule has 0 bridgehead atoms. The van der Waals surface area contributed by atoms with Crippen LogP contribution >= 0.6 is 0 Å². The molecule has 1 aliphatic rings. The van der Waals surface area contributed by atoms with Gasteiger partial charge < -0.3 is 5.11 Å². The molecule has 1 amide bonds. The summed E-state index contributed by atoms with van der Waals surface area (Å²) in [5, 5.41) is 14.0. The van der Waals surface area contributed by atoms with Gasteiger partial charge in [-0.25, -0.2) is 5.43 Å². The number of benzene rings is 1. The number of nitrogens with zero attached hydrogens (tertiary/aromatic N) is 1. The maximum atomic E-state index is 11.8. The average Bonchev–Trinajstić information content (AvgIpc) is 2.73. The molecule has 1 unspecified atom stereocenters. The third-order valence-corrected chi connectivity index (χ3v) is 3.37. The van der Waals surface area contributed by atoms with Crippen molar-refractivity contribution in [3.05, 3.63) is 35.9 Å². The fourth-order valence-corrected chi connectivity index (χ4v) is 2.23. The van der Waals surface area contributed by atoms with Gasteiger partial charge in [-0.1, -0.05) is 43.2 Å². The van der Waals surface area contributed by atoms with Crippen molar-refractivity contribution in [3.8, 4) is 0 Å². The summed E-state index contributed by atoms with van der Waals surface area (Å²) in [6, 6.07) is 8.89. The lowest BCUT2D eigenvalue weighted by Gasteiger charge is -2.09. The molecule has 0 aromatic heterocycles. The largest absolute Gasteiger partial charge is 0.378 e. The van der Waals surface area contributed by atoms with Gasteiger partial charge in [0.05, 0.1) is 0 Å². The van der Waals surface area contributed by atoms with E-state index in [2.05, 4.69) is 10.5 Å². The lowest BCUT2D eigenvalue weighted by atomic mass is 10.1. The van der Waals surface area contributed by atoms with Crippen LogP contribution in [0.4, 0.5) is 0 Å². The van der Waals surface area contributed by atoms with Gasteiger partial charge in [0.2, 0.25) is 0 Å². The SMILES string of the molecule is O=C(NN=C1CCCCCC1)C(O)c1ccccc1. The molecule has 2 N–H and O–H groups in total. The zero-order valence-electron chi connectivity index (χ0n) is 11.0. The Balaban J connectivity index is 1.91. The van der Waals surface area contributed by atoms with Crippen LogP contribution in [-0.2, 0) is 4.79 Å². The lowest BCUT2D eigenvalue weighted by molar-refractivity contribution is -0.129. The Bertz CT molecular complexity index is 433. The zero-order valence-corrected chi connectivity index (χ0v) is 11.0. The molecule has 4 nitrogen and oxygen atoms in total. The number of rotatable bonds is 3. The number of nitrogens with one attached hydrogen (secondary N) is 1. The summed E-state index contributed by atoms with van der Waals surface area (Å²) in [5.74, 6) is -0.469. The summed E-state index contributed by atoms with van der Waals surface area (Å²) in [6.07, 6.45) is 5.48. The topological polar surface area (TPSA) is 61.7 Å². The van der Waals surface area contributed by atoms with Crippen LogP contribution in [0.5, 0.6) is 0 Å². The van der Waals surface area contributed by atoms with Crippen molar-refractivity contribution in [2.45, 2.75) is 44.6 Å². The molecule has 102 valence electrons. The number of carbonyl (C=O) groups excluding carboxylic acids is 1. The first-order valence-corrected chi connectivity index (χ1v) is 6.85. The van der Waals surface area contributed by atoms with Crippen LogP contribution in [0, 0.1) is 0 Å². The minimum Gasteiger partial charge on any atom is -0.378 e. The predicted octanol–water partition coefficient (Wildman–Crippen LogP) is 2.55. The first-order chi connectivity index (χ1) is 9.27. The van der Waals surface area contributed by atoms with E-state index in [1.165, 1.54) is 12.8 Å². The summed E-state index contributed by atoms with van der Waals surface area (Å²) in [5.41, 5.74) is 4.10. The van der Waals surface area contributed by atoms with Crippen LogP contribution < -0.4 is 5.43 Å². The predicted molar refractivity (Wildman–Crippen MR) is 74.7 cm³/mol. The Hall–Kier alpha value is -1.68. The van der Waals surface area contributed by atoms with Crippen molar-refractivity contribution < 1.29 is 9.90 Å². The fourth-order valence-electron chi connectivity index (χ4n) is 2.23. The van der Waals surface area contributed by atoms with Gasteiger partial charge in [-0.2, -0.15) is 5.10 Å². The van der Waals surface area contributed by atoms with E-state index in [1.807, 2.05) is 6.07 Å². The number of hydrogen-bond donors (Lipinski definition) is 2. The van der Waals surface area contributed by atoms with Crippen molar-refractivity contribution in [2.24, 2.45) is 5.10 Å². The van der Waals surface area contributed by atoms with Crippen molar-refractivity contribution in [2.75, 3.05) is 0 Å². The van der Waals surface area contributed by atoms with Crippen LogP contribution in [0.3, 0.4) is 0 Å². The molecule has 4 heteroatoms. The van der Waals surface area contributed by atoms with Gasteiger partial charge in [0.15, 0.2) is 6.10 Å². The third kappa shape index (κ3) is 4.17. The van der Waals surface area contributed by atoms with Gasteiger partial charge in [-0.05, 0) is 31.2 Å². The van der Waals surface area contributed by atoms with Crippen LogP contribution in [0.15, 0.2) is 35.4 Å². The van der Waals surface area contributed by atoms with Gasteiger partial charge in [0.25, 0.3) is 5.91 Å². The second-order valence-electron chi connectivity index (χ2n) is 4.88. The average molecular weight is 260 g/mol. The van der Waals surface area contributed by atoms with Crippen molar-refractivity contribution >= 4 is 11.6 Å². The van der Waals surface area contributed by atoms with Crippen LogP contribution in [0.1, 0.15) is 50.2 Å². The fraction of sp³-hybridized carbons (Fsp3) is 0.467. The van der Waals surface area contributed by atoms with Crippen LogP contribution in [0.2, 0.25) is 0 Å². The summed E-state index contributed by atoms with van der Waals surface area (Å²) in [6.45, 7) is 0. The van der Waals surface area contributed by atoms with E-state index < -0.39 is 12.0 Å². The highest BCUT2D eigenvalue weighted by atomic mass is 16.3. The second-order valence-corrected chi connectivity index (χ2v) is 4.88. The van der Waals surface area contributed by atoms with Gasteiger partial charge >= 0.3 is 0 Å². The summed E-state index contributed by atoms with van der Waals surface area (Å²) < 4.78 is 0. The Kier molecular flexibility index (Phi) is 5.10. The van der Waals surface area contributed by atoms with E-state index >= 15 is 0 Å². The monoisotopic (exact) mass is 260 g/mol. The van der Waals surface area contributed by atoms with Gasteiger partial charge in [0, 0.05) is 5.71 Å². The normalized spacial score (nSPS) is 17.4. The van der Waals surface area contributed by atoms with Gasteiger partial charge in [-0.3, -0.25) is 4.79 Å². The molecule has 0 heterocycles. The van der Waals surface area contributed by atoms with Gasteiger partial charge in [-0.15, -0.1) is 0 Å². The molecule has 1 fully saturated rings. The molecular weight excluding hydrogens is 240 g/mol. The zero-order chi connectivity index (χ0) is 13.5. The summed E-state index contributed by atoms with van der Waals surface area (Å²) in [4.78, 5) is 11.8. The number of aliphatic hydroxyl groups is 1. The maximum absolute atomic E-state index is 11.8. The standard InChI is InChI=1S/C15H20N2O2/c18-14(12-8-4-3-5-9-12)15(19)17-16-13-10-6-1-2-7-11-13/h3-5,8-9,14,18H,1-2,6-7,10-11H2,(H,17,19). The van der Waals surface area contributed by atoms with Crippen molar-refractivity contribution in [1.82, 2.24) is 5.43 Å². The molecule has 1 saturated carbocycles. The Morgan fingerprint density at radius 2 is 1.74 bits per heavy atom. The van der Waals surface area contributed by atoms with E-state index in [-0.39, 0.29) is 0 Å². The number of hydrogen-bond acceptors (Lipinski definition) is 3. The van der Waals surface area contributed by atoms with Crippen LogP contribution in [0.25, 0.3) is 0 Å². The van der Waals surface area contributed by atoms with Crippen molar-refractivity contribution in [3.63, 3.8) is 0 Å². The van der Waals surface area contributed by atoms with Gasteiger partial charge in [0.1, 0.15) is 0 Å². The Morgan fingerprint density at radius 1 is 1.11 bits per heavy atom. The molecule has 0 aliphatic heterocycles. The second kappa shape index (κ2) is 7.04. The Labute approximate surface area is 113 Å². The molecule has 1 aromatic carbocycles. The lowest BCUT2D eigenvalue weighted by Crippen LogP contribution is -2.26. The van der Waals surface area contributed by atoms with E-state index in [0.29, 0.717) is 5.56 Å². The molecule has 1 aliphatic carbocycles. The third-order valence-electron chi connectivity index (χ3n) is 3.37. The maximum Gasteiger partial charge on any atom is 0.273 e. The number of aliphatic hydroxyl groups excluding tert-OH is 1. The highest BCUT2D eigenvalue weighted by molar-refractivity contribution is 5.87. The molecular formula is C15H20N2O2. The molecule has 2 rings (SSSR count). The minimum atomic E-state index is -1.16. The first-order valence-electron chi connectivity index (χ1n) is 6.85. The molecule has 0 saturated heterocycles. The minimum absolute atomic E-state index is 0.469. The van der Waals surface area contributed by atoms with E-state index in [1.54, 1.807) is 24.3 Å². The summed E-state index contributed by atoms with van der Waals surface area (Å²) in [7, 11) is 0. The number of amides is 1. The smallest absolute Gasteiger partial charge is 0.273 e. The van der Waals surface area contributed by atoms with Crippen LogP contribution in [-0.4, -0.2) is 16.7 Å². The highest BCUT2D eigenvalue weighted by Gasteiger charge is 2.16. The molecule has 1 aromatic rings. The van der Waals surface area contributed by atoms with Crippen molar-refractivity contribution in [1.29, 1.82) is 0 Å². The molecule has 19 heavy (non-hydrogen) atoms. The molecule has 0 spiro atoms. The van der Waals surface area contributed by atoms with E-state index in [9.17, 15) is 9.90 Å². The Morgan fingerprint density at radius 3 is 2.37 bits per heavy atom. The highest BCUT2D eigenvalue weighted by Crippen LogP contribution is 2.15. The molecule has 0 radical (unpaired) electrons. The number of carbonyl (C=O) groups is 1. The molecule has 1 atom stereocenters. The number of hydrazone groups is 1. The van der Waals surface area contributed by atoms with E-state index in [0.717, 1.165) is 31.4 Å². The first kappa shape index (κ1) is 13.7.